The fraction of sp³-hybridized carbons (Fsp3) is 1.00. The molecule has 0 bridgehead atoms. The summed E-state index contributed by atoms with van der Waals surface area (Å²) in [7, 11) is 2.07. The standard InChI is InChI=1S/C20H34BO3/c22-19(21-17-10-5-11-24-20(17)23)18-15-8-3-1-6-13(15)12-14-7-2-4-9-16(14)18/h13-20,22-23H,1-12H2. The smallest absolute Gasteiger partial charge is 0.159 e. The SMILES string of the molecule is OC([B]C1CCCOC1O)C1C2CCCCC2CC2CCCCC21. The quantitative estimate of drug-likeness (QED) is 0.777. The third-order valence-corrected chi connectivity index (χ3v) is 7.71. The predicted octanol–water partition coefficient (Wildman–Crippen LogP) is 3.56. The Labute approximate surface area is 147 Å². The molecule has 0 amide bonds. The van der Waals surface area contributed by atoms with Crippen molar-refractivity contribution < 1.29 is 14.9 Å². The summed E-state index contributed by atoms with van der Waals surface area (Å²) in [6.07, 6.45) is 13.5. The lowest BCUT2D eigenvalue weighted by Gasteiger charge is -2.53. The molecular weight excluding hydrogens is 299 g/mol. The first-order valence-corrected chi connectivity index (χ1v) is 10.6. The molecule has 135 valence electrons. The summed E-state index contributed by atoms with van der Waals surface area (Å²) in [6.45, 7) is 0.653. The molecule has 1 heterocycles. The van der Waals surface area contributed by atoms with Crippen molar-refractivity contribution in [3.8, 4) is 0 Å². The Kier molecular flexibility index (Phi) is 5.55. The van der Waals surface area contributed by atoms with E-state index in [1.54, 1.807) is 0 Å². The molecule has 4 heteroatoms. The summed E-state index contributed by atoms with van der Waals surface area (Å²) in [5, 5.41) is 21.3. The Bertz CT molecular complexity index is 396. The summed E-state index contributed by atoms with van der Waals surface area (Å²) >= 11 is 0. The lowest BCUT2D eigenvalue weighted by atomic mass is 9.45. The molecule has 4 aliphatic rings. The van der Waals surface area contributed by atoms with E-state index in [2.05, 4.69) is 7.28 Å². The summed E-state index contributed by atoms with van der Waals surface area (Å²) in [5.41, 5.74) is 0. The number of ether oxygens (including phenoxy) is 1. The van der Waals surface area contributed by atoms with E-state index in [0.717, 1.165) is 24.7 Å². The van der Waals surface area contributed by atoms with Crippen molar-refractivity contribution in [3.05, 3.63) is 0 Å². The van der Waals surface area contributed by atoms with E-state index < -0.39 is 6.29 Å². The number of hydrogen-bond acceptors (Lipinski definition) is 3. The monoisotopic (exact) mass is 333 g/mol. The van der Waals surface area contributed by atoms with E-state index in [1.165, 1.54) is 57.8 Å². The van der Waals surface area contributed by atoms with Crippen molar-refractivity contribution in [1.82, 2.24) is 0 Å². The molecule has 3 nitrogen and oxygen atoms in total. The Morgan fingerprint density at radius 1 is 0.833 bits per heavy atom. The van der Waals surface area contributed by atoms with Crippen LogP contribution in [0.5, 0.6) is 0 Å². The molecule has 4 rings (SSSR count). The van der Waals surface area contributed by atoms with Gasteiger partial charge in [0, 0.05) is 12.6 Å². The van der Waals surface area contributed by atoms with Crippen LogP contribution in [0.2, 0.25) is 5.82 Å². The largest absolute Gasteiger partial charge is 0.402 e. The third-order valence-electron chi connectivity index (χ3n) is 7.71. The Morgan fingerprint density at radius 2 is 1.46 bits per heavy atom. The van der Waals surface area contributed by atoms with Gasteiger partial charge in [0.05, 0.1) is 0 Å². The van der Waals surface area contributed by atoms with Crippen molar-refractivity contribution in [2.24, 2.45) is 29.6 Å². The zero-order valence-electron chi connectivity index (χ0n) is 15.0. The average molecular weight is 333 g/mol. The van der Waals surface area contributed by atoms with Gasteiger partial charge in [0.25, 0.3) is 0 Å². The zero-order valence-corrected chi connectivity index (χ0v) is 15.0. The van der Waals surface area contributed by atoms with Crippen molar-refractivity contribution in [2.45, 2.75) is 88.7 Å². The molecule has 0 aromatic carbocycles. The highest BCUT2D eigenvalue weighted by atomic mass is 16.6. The molecule has 0 aromatic rings. The Morgan fingerprint density at radius 3 is 2.08 bits per heavy atom. The van der Waals surface area contributed by atoms with Crippen LogP contribution in [0.4, 0.5) is 0 Å². The van der Waals surface area contributed by atoms with Gasteiger partial charge >= 0.3 is 0 Å². The topological polar surface area (TPSA) is 49.7 Å². The summed E-state index contributed by atoms with van der Waals surface area (Å²) in [5.74, 6) is 3.57. The molecule has 7 atom stereocenters. The van der Waals surface area contributed by atoms with Crippen LogP contribution in [0.1, 0.15) is 70.6 Å². The van der Waals surface area contributed by atoms with Gasteiger partial charge < -0.3 is 14.9 Å². The molecule has 1 radical (unpaired) electrons. The van der Waals surface area contributed by atoms with Crippen LogP contribution in [0.15, 0.2) is 0 Å². The van der Waals surface area contributed by atoms with Gasteiger partial charge in [-0.1, -0.05) is 44.9 Å². The van der Waals surface area contributed by atoms with Crippen LogP contribution in [0.25, 0.3) is 0 Å². The lowest BCUT2D eigenvalue weighted by molar-refractivity contribution is -0.124. The molecule has 24 heavy (non-hydrogen) atoms. The van der Waals surface area contributed by atoms with Crippen molar-refractivity contribution in [3.63, 3.8) is 0 Å². The van der Waals surface area contributed by atoms with Gasteiger partial charge in [0.1, 0.15) is 6.29 Å². The van der Waals surface area contributed by atoms with E-state index in [4.69, 9.17) is 4.74 Å². The molecule has 2 N–H and O–H groups in total. The van der Waals surface area contributed by atoms with Crippen molar-refractivity contribution >= 4 is 7.28 Å². The molecule has 0 aromatic heterocycles. The van der Waals surface area contributed by atoms with Gasteiger partial charge in [0.15, 0.2) is 7.28 Å². The fourth-order valence-corrected chi connectivity index (χ4v) is 6.65. The number of aliphatic hydroxyl groups is 2. The molecular formula is C20H34BO3. The number of aliphatic hydroxyl groups excluding tert-OH is 2. The molecule has 7 unspecified atom stereocenters. The van der Waals surface area contributed by atoms with E-state index >= 15 is 0 Å². The second-order valence-electron chi connectivity index (χ2n) is 8.98. The van der Waals surface area contributed by atoms with Gasteiger partial charge in [-0.05, 0) is 61.1 Å². The van der Waals surface area contributed by atoms with E-state index in [9.17, 15) is 10.2 Å². The van der Waals surface area contributed by atoms with E-state index in [-0.39, 0.29) is 11.8 Å². The summed E-state index contributed by atoms with van der Waals surface area (Å²) < 4.78 is 5.41. The van der Waals surface area contributed by atoms with E-state index in [0.29, 0.717) is 24.4 Å². The third kappa shape index (κ3) is 3.43. The normalized spacial score (nSPS) is 47.3. The van der Waals surface area contributed by atoms with Crippen LogP contribution in [-0.4, -0.2) is 36.4 Å². The first-order valence-electron chi connectivity index (χ1n) is 10.6. The minimum Gasteiger partial charge on any atom is -0.402 e. The van der Waals surface area contributed by atoms with Crippen LogP contribution in [-0.2, 0) is 4.74 Å². The van der Waals surface area contributed by atoms with Gasteiger partial charge in [-0.15, -0.1) is 0 Å². The van der Waals surface area contributed by atoms with Crippen LogP contribution < -0.4 is 0 Å². The highest BCUT2D eigenvalue weighted by molar-refractivity contribution is 6.39. The molecule has 0 spiro atoms. The van der Waals surface area contributed by atoms with Crippen molar-refractivity contribution in [2.75, 3.05) is 6.61 Å². The first kappa shape index (κ1) is 17.4. The first-order chi connectivity index (χ1) is 11.7. The molecule has 3 saturated carbocycles. The zero-order chi connectivity index (χ0) is 16.5. The van der Waals surface area contributed by atoms with Gasteiger partial charge in [-0.25, -0.2) is 0 Å². The number of hydrogen-bond donors (Lipinski definition) is 2. The highest BCUT2D eigenvalue weighted by Crippen LogP contribution is 2.54. The number of fused-ring (bicyclic) bond motifs is 2. The summed E-state index contributed by atoms with van der Waals surface area (Å²) in [4.78, 5) is 0. The van der Waals surface area contributed by atoms with Crippen LogP contribution in [0.3, 0.4) is 0 Å². The summed E-state index contributed by atoms with van der Waals surface area (Å²) in [6, 6.07) is -0.358. The van der Waals surface area contributed by atoms with Gasteiger partial charge in [0.2, 0.25) is 0 Å². The molecule has 1 aliphatic heterocycles. The Balaban J connectivity index is 1.50. The minimum atomic E-state index is -0.707. The molecule has 4 fully saturated rings. The number of rotatable bonds is 3. The van der Waals surface area contributed by atoms with Gasteiger partial charge in [-0.3, -0.25) is 0 Å². The minimum absolute atomic E-state index is 0.0137. The Hall–Kier alpha value is -0.0551. The average Bonchev–Trinajstić information content (AvgIpc) is 2.61. The second-order valence-corrected chi connectivity index (χ2v) is 8.98. The van der Waals surface area contributed by atoms with Crippen LogP contribution >= 0.6 is 0 Å². The lowest BCUT2D eigenvalue weighted by Crippen LogP contribution is -2.50. The van der Waals surface area contributed by atoms with Gasteiger partial charge in [-0.2, -0.15) is 0 Å². The maximum Gasteiger partial charge on any atom is 0.159 e. The molecule has 1 saturated heterocycles. The predicted molar refractivity (Wildman–Crippen MR) is 95.7 cm³/mol. The van der Waals surface area contributed by atoms with E-state index in [1.807, 2.05) is 0 Å². The van der Waals surface area contributed by atoms with Crippen LogP contribution in [0, 0.1) is 29.6 Å². The molecule has 3 aliphatic carbocycles. The van der Waals surface area contributed by atoms with Crippen molar-refractivity contribution in [1.29, 1.82) is 0 Å². The maximum atomic E-state index is 11.2. The highest BCUT2D eigenvalue weighted by Gasteiger charge is 2.48. The second kappa shape index (κ2) is 7.67. The maximum absolute atomic E-state index is 11.2. The fourth-order valence-electron chi connectivity index (χ4n) is 6.65.